The molecule has 1 fully saturated rings. The van der Waals surface area contributed by atoms with Crippen LogP contribution in [-0.2, 0) is 14.8 Å². The van der Waals surface area contributed by atoms with Crippen LogP contribution in [0.15, 0.2) is 29.2 Å². The van der Waals surface area contributed by atoms with Crippen molar-refractivity contribution in [2.45, 2.75) is 37.6 Å². The lowest BCUT2D eigenvalue weighted by Crippen LogP contribution is -2.46. The number of carbonyl (C=O) groups excluding carboxylic acids is 1. The maximum absolute atomic E-state index is 12.3. The van der Waals surface area contributed by atoms with Gasteiger partial charge in [-0.15, -0.1) is 0 Å². The minimum atomic E-state index is -3.48. The average Bonchev–Trinajstić information content (AvgIpc) is 2.39. The second kappa shape index (κ2) is 5.93. The molecular weight excluding hydrogens is 276 g/mol. The molecular formula is C14H20N2O3S. The Kier molecular flexibility index (Phi) is 4.45. The molecule has 20 heavy (non-hydrogen) atoms. The molecule has 110 valence electrons. The van der Waals surface area contributed by atoms with Crippen LogP contribution in [0.4, 0.5) is 0 Å². The summed E-state index contributed by atoms with van der Waals surface area (Å²) in [5, 5.41) is 0. The summed E-state index contributed by atoms with van der Waals surface area (Å²) in [7, 11) is -3.48. The summed E-state index contributed by atoms with van der Waals surface area (Å²) >= 11 is 0. The lowest BCUT2D eigenvalue weighted by Gasteiger charge is -2.31. The number of amides is 1. The molecule has 1 aromatic carbocycles. The van der Waals surface area contributed by atoms with Gasteiger partial charge < -0.3 is 4.90 Å². The monoisotopic (exact) mass is 296 g/mol. The van der Waals surface area contributed by atoms with E-state index in [9.17, 15) is 13.2 Å². The van der Waals surface area contributed by atoms with Gasteiger partial charge in [0.05, 0.1) is 4.90 Å². The van der Waals surface area contributed by atoms with Crippen LogP contribution >= 0.6 is 0 Å². The standard InChI is InChI=1S/C14H20N2O3S/c1-11-5-3-4-6-14(11)20(18,19)15-13-7-9-16(10-8-13)12(2)17/h3-6,13,15H,7-10H2,1-2H3. The molecule has 0 saturated carbocycles. The average molecular weight is 296 g/mol. The van der Waals surface area contributed by atoms with E-state index in [2.05, 4.69) is 4.72 Å². The van der Waals surface area contributed by atoms with Crippen LogP contribution in [0.3, 0.4) is 0 Å². The summed E-state index contributed by atoms with van der Waals surface area (Å²) in [5.74, 6) is 0.0465. The topological polar surface area (TPSA) is 66.5 Å². The molecule has 1 heterocycles. The van der Waals surface area contributed by atoms with E-state index in [4.69, 9.17) is 0 Å². The van der Waals surface area contributed by atoms with Crippen LogP contribution in [0.25, 0.3) is 0 Å². The van der Waals surface area contributed by atoms with Crippen molar-refractivity contribution in [3.63, 3.8) is 0 Å². The lowest BCUT2D eigenvalue weighted by atomic mass is 10.1. The zero-order valence-electron chi connectivity index (χ0n) is 11.8. The van der Waals surface area contributed by atoms with Gasteiger partial charge in [0.25, 0.3) is 0 Å². The molecule has 1 amide bonds. The molecule has 0 aliphatic carbocycles. The minimum absolute atomic E-state index is 0.0465. The van der Waals surface area contributed by atoms with Gasteiger partial charge in [-0.05, 0) is 31.4 Å². The molecule has 1 aromatic rings. The van der Waals surface area contributed by atoms with E-state index < -0.39 is 10.0 Å². The van der Waals surface area contributed by atoms with Crippen molar-refractivity contribution in [2.75, 3.05) is 13.1 Å². The Morgan fingerprint density at radius 1 is 1.25 bits per heavy atom. The number of carbonyl (C=O) groups is 1. The molecule has 1 aliphatic rings. The molecule has 5 nitrogen and oxygen atoms in total. The number of benzene rings is 1. The van der Waals surface area contributed by atoms with Crippen molar-refractivity contribution < 1.29 is 13.2 Å². The van der Waals surface area contributed by atoms with Crippen LogP contribution in [0.1, 0.15) is 25.3 Å². The van der Waals surface area contributed by atoms with Crippen LogP contribution < -0.4 is 4.72 Å². The Hall–Kier alpha value is -1.40. The third-order valence-corrected chi connectivity index (χ3v) is 5.33. The fraction of sp³-hybridized carbons (Fsp3) is 0.500. The number of hydrogen-bond donors (Lipinski definition) is 1. The van der Waals surface area contributed by atoms with Crippen molar-refractivity contribution in [1.29, 1.82) is 0 Å². The van der Waals surface area contributed by atoms with E-state index in [1.807, 2.05) is 6.07 Å². The molecule has 0 radical (unpaired) electrons. The summed E-state index contributed by atoms with van der Waals surface area (Å²) in [6.45, 7) is 4.54. The van der Waals surface area contributed by atoms with Gasteiger partial charge in [0.15, 0.2) is 0 Å². The maximum atomic E-state index is 12.3. The van der Waals surface area contributed by atoms with Crippen molar-refractivity contribution >= 4 is 15.9 Å². The Balaban J connectivity index is 2.04. The maximum Gasteiger partial charge on any atom is 0.241 e. The second-order valence-corrected chi connectivity index (χ2v) is 6.85. The Bertz CT molecular complexity index is 590. The molecule has 0 aromatic heterocycles. The van der Waals surface area contributed by atoms with Crippen LogP contribution in [-0.4, -0.2) is 38.4 Å². The number of sulfonamides is 1. The first-order chi connectivity index (χ1) is 9.40. The Morgan fingerprint density at radius 2 is 1.85 bits per heavy atom. The molecule has 0 atom stereocenters. The van der Waals surface area contributed by atoms with Crippen molar-refractivity contribution in [3.05, 3.63) is 29.8 Å². The first-order valence-corrected chi connectivity index (χ1v) is 8.22. The van der Waals surface area contributed by atoms with Crippen LogP contribution in [0, 0.1) is 6.92 Å². The van der Waals surface area contributed by atoms with Crippen molar-refractivity contribution in [2.24, 2.45) is 0 Å². The Morgan fingerprint density at radius 3 is 2.40 bits per heavy atom. The number of nitrogens with zero attached hydrogens (tertiary/aromatic N) is 1. The highest BCUT2D eigenvalue weighted by molar-refractivity contribution is 7.89. The van der Waals surface area contributed by atoms with Gasteiger partial charge in [0.1, 0.15) is 0 Å². The fourth-order valence-corrected chi connectivity index (χ4v) is 4.00. The molecule has 0 unspecified atom stereocenters. The molecule has 1 saturated heterocycles. The molecule has 1 N–H and O–H groups in total. The molecule has 0 bridgehead atoms. The third-order valence-electron chi connectivity index (χ3n) is 3.65. The van der Waals surface area contributed by atoms with E-state index in [1.165, 1.54) is 6.92 Å². The number of hydrogen-bond acceptors (Lipinski definition) is 3. The predicted octanol–water partition coefficient (Wildman–Crippen LogP) is 1.28. The number of rotatable bonds is 3. The van der Waals surface area contributed by atoms with Gasteiger partial charge in [-0.1, -0.05) is 18.2 Å². The van der Waals surface area contributed by atoms with E-state index in [0.29, 0.717) is 30.8 Å². The summed E-state index contributed by atoms with van der Waals surface area (Å²) in [5.41, 5.74) is 0.737. The minimum Gasteiger partial charge on any atom is -0.343 e. The van der Waals surface area contributed by atoms with Gasteiger partial charge in [0.2, 0.25) is 15.9 Å². The number of aryl methyl sites for hydroxylation is 1. The summed E-state index contributed by atoms with van der Waals surface area (Å²) in [6, 6.07) is 6.84. The van der Waals surface area contributed by atoms with Crippen LogP contribution in [0.5, 0.6) is 0 Å². The van der Waals surface area contributed by atoms with Gasteiger partial charge in [0, 0.05) is 26.1 Å². The zero-order valence-corrected chi connectivity index (χ0v) is 12.6. The Labute approximate surface area is 120 Å². The van der Waals surface area contributed by atoms with Gasteiger partial charge >= 0.3 is 0 Å². The van der Waals surface area contributed by atoms with Gasteiger partial charge in [-0.25, -0.2) is 13.1 Å². The zero-order chi connectivity index (χ0) is 14.8. The lowest BCUT2D eigenvalue weighted by molar-refractivity contribution is -0.129. The number of piperidine rings is 1. The highest BCUT2D eigenvalue weighted by Gasteiger charge is 2.26. The quantitative estimate of drug-likeness (QED) is 0.914. The van der Waals surface area contributed by atoms with Crippen LogP contribution in [0.2, 0.25) is 0 Å². The van der Waals surface area contributed by atoms with Gasteiger partial charge in [-0.3, -0.25) is 4.79 Å². The molecule has 0 spiro atoms. The third kappa shape index (κ3) is 3.37. The van der Waals surface area contributed by atoms with E-state index in [-0.39, 0.29) is 11.9 Å². The summed E-state index contributed by atoms with van der Waals surface area (Å²) in [6.07, 6.45) is 1.31. The molecule has 1 aliphatic heterocycles. The van der Waals surface area contributed by atoms with E-state index in [1.54, 1.807) is 30.0 Å². The smallest absolute Gasteiger partial charge is 0.241 e. The van der Waals surface area contributed by atoms with E-state index in [0.717, 1.165) is 5.56 Å². The number of likely N-dealkylation sites (tertiary alicyclic amines) is 1. The second-order valence-electron chi connectivity index (χ2n) is 5.17. The van der Waals surface area contributed by atoms with Crippen molar-refractivity contribution in [1.82, 2.24) is 9.62 Å². The van der Waals surface area contributed by atoms with E-state index >= 15 is 0 Å². The highest BCUT2D eigenvalue weighted by atomic mass is 32.2. The number of nitrogens with one attached hydrogen (secondary N) is 1. The molecule has 2 rings (SSSR count). The molecule has 6 heteroatoms. The predicted molar refractivity (Wildman–Crippen MR) is 76.8 cm³/mol. The summed E-state index contributed by atoms with van der Waals surface area (Å²) < 4.78 is 27.4. The highest BCUT2D eigenvalue weighted by Crippen LogP contribution is 2.17. The largest absolute Gasteiger partial charge is 0.343 e. The first-order valence-electron chi connectivity index (χ1n) is 6.73. The first kappa shape index (κ1) is 15.0. The van der Waals surface area contributed by atoms with Crippen molar-refractivity contribution in [3.8, 4) is 0 Å². The summed E-state index contributed by atoms with van der Waals surface area (Å²) in [4.78, 5) is 13.3. The van der Waals surface area contributed by atoms with Gasteiger partial charge in [-0.2, -0.15) is 0 Å². The SMILES string of the molecule is CC(=O)N1CCC(NS(=O)(=O)c2ccccc2C)CC1. The fourth-order valence-electron chi connectivity index (χ4n) is 2.45. The normalized spacial score (nSPS) is 17.2.